The predicted molar refractivity (Wildman–Crippen MR) is 78.5 cm³/mol. The van der Waals surface area contributed by atoms with Crippen LogP contribution in [0, 0.1) is 0 Å². The van der Waals surface area contributed by atoms with Gasteiger partial charge >= 0.3 is 24.9 Å². The number of rotatable bonds is 4. The summed E-state index contributed by atoms with van der Waals surface area (Å²) in [6.45, 7) is 0.801. The highest BCUT2D eigenvalue weighted by atomic mass is 31.2. The van der Waals surface area contributed by atoms with Gasteiger partial charge in [0, 0.05) is 6.54 Å². The minimum Gasteiger partial charge on any atom is -0.323 e. The van der Waals surface area contributed by atoms with Crippen molar-refractivity contribution in [2.45, 2.75) is 25.4 Å². The second-order valence-corrected chi connectivity index (χ2v) is 7.06. The topological polar surface area (TPSA) is 135 Å². The molecule has 0 saturated carbocycles. The van der Waals surface area contributed by atoms with Gasteiger partial charge in [-0.1, -0.05) is 0 Å². The SMILES string of the molecule is C[C@@H](NCc1cc(C(F)(F)F)cc2[nH]c(=O)c(=O)[nH]c12)P(=O)(O)O. The van der Waals surface area contributed by atoms with Crippen LogP contribution >= 0.6 is 7.60 Å². The average Bonchev–Trinajstić information content (AvgIpc) is 2.43. The van der Waals surface area contributed by atoms with Crippen LogP contribution < -0.4 is 16.4 Å². The Kier molecular flexibility index (Phi) is 4.73. The summed E-state index contributed by atoms with van der Waals surface area (Å²) in [5, 5.41) is 2.40. The number of nitrogens with one attached hydrogen (secondary N) is 3. The molecule has 0 aliphatic carbocycles. The van der Waals surface area contributed by atoms with E-state index in [1.807, 2.05) is 4.98 Å². The minimum atomic E-state index is -4.70. The zero-order chi connectivity index (χ0) is 18.3. The Morgan fingerprint density at radius 2 is 1.79 bits per heavy atom. The maximum Gasteiger partial charge on any atom is 0.416 e. The average molecular weight is 367 g/mol. The van der Waals surface area contributed by atoms with Crippen LogP contribution in [0.25, 0.3) is 11.0 Å². The Labute approximate surface area is 131 Å². The van der Waals surface area contributed by atoms with Gasteiger partial charge in [-0.2, -0.15) is 13.2 Å². The number of benzene rings is 1. The smallest absolute Gasteiger partial charge is 0.323 e. The fraction of sp³-hybridized carbons (Fsp3) is 0.333. The number of alkyl halides is 3. The van der Waals surface area contributed by atoms with Gasteiger partial charge in [-0.05, 0) is 24.6 Å². The predicted octanol–water partition coefficient (Wildman–Crippen LogP) is 0.848. The number of aromatic amines is 2. The molecule has 1 aromatic carbocycles. The first-order valence-corrected chi connectivity index (χ1v) is 8.23. The van der Waals surface area contributed by atoms with Crippen molar-refractivity contribution in [3.05, 3.63) is 44.0 Å². The molecule has 1 heterocycles. The maximum atomic E-state index is 13.0. The summed E-state index contributed by atoms with van der Waals surface area (Å²) in [6.07, 6.45) is -4.70. The zero-order valence-electron chi connectivity index (χ0n) is 12.1. The van der Waals surface area contributed by atoms with Gasteiger partial charge in [-0.3, -0.25) is 19.5 Å². The van der Waals surface area contributed by atoms with E-state index in [1.54, 1.807) is 0 Å². The Bertz CT molecular complexity index is 930. The lowest BCUT2D eigenvalue weighted by atomic mass is 10.1. The second kappa shape index (κ2) is 6.17. The fourth-order valence-electron chi connectivity index (χ4n) is 1.98. The van der Waals surface area contributed by atoms with Crippen LogP contribution in [-0.4, -0.2) is 25.5 Å². The third-order valence-electron chi connectivity index (χ3n) is 3.33. The molecule has 5 N–H and O–H groups in total. The molecule has 2 rings (SSSR count). The largest absolute Gasteiger partial charge is 0.416 e. The second-order valence-electron chi connectivity index (χ2n) is 5.11. The zero-order valence-corrected chi connectivity index (χ0v) is 13.0. The van der Waals surface area contributed by atoms with Crippen molar-refractivity contribution in [2.24, 2.45) is 0 Å². The molecule has 0 fully saturated rings. The summed E-state index contributed by atoms with van der Waals surface area (Å²) in [4.78, 5) is 44.9. The van der Waals surface area contributed by atoms with Crippen LogP contribution in [-0.2, 0) is 17.3 Å². The van der Waals surface area contributed by atoms with E-state index < -0.39 is 36.2 Å². The molecule has 1 atom stereocenters. The minimum absolute atomic E-state index is 0.0574. The Morgan fingerprint density at radius 1 is 1.21 bits per heavy atom. The molecule has 0 radical (unpaired) electrons. The van der Waals surface area contributed by atoms with Gasteiger partial charge in [0.2, 0.25) is 0 Å². The molecule has 24 heavy (non-hydrogen) atoms. The molecule has 12 heteroatoms. The molecular weight excluding hydrogens is 354 g/mol. The van der Waals surface area contributed by atoms with Crippen molar-refractivity contribution < 1.29 is 27.5 Å². The van der Waals surface area contributed by atoms with Crippen molar-refractivity contribution in [1.29, 1.82) is 0 Å². The summed E-state index contributed by atoms with van der Waals surface area (Å²) >= 11 is 0. The monoisotopic (exact) mass is 367 g/mol. The molecule has 8 nitrogen and oxygen atoms in total. The summed E-state index contributed by atoms with van der Waals surface area (Å²) in [7, 11) is -4.48. The van der Waals surface area contributed by atoms with Gasteiger partial charge in [-0.15, -0.1) is 0 Å². The summed E-state index contributed by atoms with van der Waals surface area (Å²) in [6, 6.07) is 1.40. The normalized spacial score (nSPS) is 14.1. The van der Waals surface area contributed by atoms with Gasteiger partial charge in [0.25, 0.3) is 0 Å². The number of hydrogen-bond donors (Lipinski definition) is 5. The van der Waals surface area contributed by atoms with Gasteiger partial charge in [0.05, 0.1) is 16.6 Å². The first kappa shape index (κ1) is 18.4. The van der Waals surface area contributed by atoms with E-state index in [0.717, 1.165) is 6.07 Å². The van der Waals surface area contributed by atoms with E-state index in [-0.39, 0.29) is 23.1 Å². The van der Waals surface area contributed by atoms with E-state index in [4.69, 9.17) is 9.79 Å². The molecule has 1 aromatic heterocycles. The van der Waals surface area contributed by atoms with E-state index >= 15 is 0 Å². The molecule has 0 spiro atoms. The molecule has 2 aromatic rings. The highest BCUT2D eigenvalue weighted by molar-refractivity contribution is 7.52. The number of halogens is 3. The van der Waals surface area contributed by atoms with Gasteiger partial charge in [-0.25, -0.2) is 0 Å². The van der Waals surface area contributed by atoms with Crippen molar-refractivity contribution in [1.82, 2.24) is 15.3 Å². The Hall–Kier alpha value is -1.94. The summed E-state index contributed by atoms with van der Waals surface area (Å²) < 4.78 is 50.0. The molecule has 0 aliphatic rings. The molecule has 0 aliphatic heterocycles. The van der Waals surface area contributed by atoms with Crippen molar-refractivity contribution in [3.63, 3.8) is 0 Å². The number of H-pyrrole nitrogens is 2. The highest BCUT2D eigenvalue weighted by Gasteiger charge is 2.32. The number of aromatic nitrogens is 2. The quantitative estimate of drug-likeness (QED) is 0.402. The molecule has 0 unspecified atom stereocenters. The lowest BCUT2D eigenvalue weighted by molar-refractivity contribution is -0.137. The van der Waals surface area contributed by atoms with Gasteiger partial charge < -0.3 is 19.8 Å². The maximum absolute atomic E-state index is 13.0. The van der Waals surface area contributed by atoms with E-state index in [1.165, 1.54) is 6.92 Å². The van der Waals surface area contributed by atoms with Gasteiger partial charge in [0.15, 0.2) is 0 Å². The molecule has 0 amide bonds. The molecule has 0 saturated heterocycles. The van der Waals surface area contributed by atoms with Crippen molar-refractivity contribution in [3.8, 4) is 0 Å². The summed E-state index contributed by atoms with van der Waals surface area (Å²) in [5.41, 5.74) is -3.60. The van der Waals surface area contributed by atoms with E-state index in [2.05, 4.69) is 10.3 Å². The van der Waals surface area contributed by atoms with E-state index in [0.29, 0.717) is 6.07 Å². The lowest BCUT2D eigenvalue weighted by Crippen LogP contribution is -2.30. The fourth-order valence-corrected chi connectivity index (χ4v) is 2.31. The summed E-state index contributed by atoms with van der Waals surface area (Å²) in [5.74, 6) is -1.31. The standard InChI is InChI=1S/C12H13F3N3O5P/c1-5(24(21,22)23)16-4-6-2-7(12(13,14)15)3-8-9(6)18-11(20)10(19)17-8/h2-3,5,16H,4H2,1H3,(H,17,19)(H,18,20)(H2,21,22,23)/t5-/m0/s1. The van der Waals surface area contributed by atoms with Gasteiger partial charge in [0.1, 0.15) is 5.78 Å². The van der Waals surface area contributed by atoms with Crippen molar-refractivity contribution >= 4 is 18.6 Å². The molecule has 132 valence electrons. The van der Waals surface area contributed by atoms with Crippen LogP contribution in [0.4, 0.5) is 13.2 Å². The molecule has 0 bridgehead atoms. The van der Waals surface area contributed by atoms with E-state index in [9.17, 15) is 27.3 Å². The first-order valence-electron chi connectivity index (χ1n) is 6.54. The Balaban J connectivity index is 2.57. The number of hydrogen-bond acceptors (Lipinski definition) is 4. The van der Waals surface area contributed by atoms with Crippen LogP contribution in [0.3, 0.4) is 0 Å². The van der Waals surface area contributed by atoms with Crippen LogP contribution in [0.2, 0.25) is 0 Å². The van der Waals surface area contributed by atoms with Crippen LogP contribution in [0.1, 0.15) is 18.1 Å². The highest BCUT2D eigenvalue weighted by Crippen LogP contribution is 2.39. The van der Waals surface area contributed by atoms with Crippen molar-refractivity contribution in [2.75, 3.05) is 0 Å². The first-order chi connectivity index (χ1) is 10.9. The molecular formula is C12H13F3N3O5P. The lowest BCUT2D eigenvalue weighted by Gasteiger charge is -2.17. The van der Waals surface area contributed by atoms with Crippen LogP contribution in [0.15, 0.2) is 21.7 Å². The Morgan fingerprint density at radius 3 is 2.33 bits per heavy atom. The third kappa shape index (κ3) is 3.93. The van der Waals surface area contributed by atoms with Crippen LogP contribution in [0.5, 0.6) is 0 Å². The third-order valence-corrected chi connectivity index (χ3v) is 4.52. The number of fused-ring (bicyclic) bond motifs is 1.